The van der Waals surface area contributed by atoms with E-state index in [0.29, 0.717) is 12.0 Å². The molecule has 2 aromatic carbocycles. The third kappa shape index (κ3) is 3.63. The molecule has 1 unspecified atom stereocenters. The van der Waals surface area contributed by atoms with E-state index in [1.165, 1.54) is 11.0 Å². The number of aromatic hydroxyl groups is 1. The van der Waals surface area contributed by atoms with Gasteiger partial charge in [-0.1, -0.05) is 44.2 Å². The van der Waals surface area contributed by atoms with Crippen LogP contribution >= 0.6 is 0 Å². The molecule has 0 aliphatic carbocycles. The second-order valence-corrected chi connectivity index (χ2v) is 7.05. The number of aryl methyl sites for hydroxylation is 1. The van der Waals surface area contributed by atoms with Gasteiger partial charge in [0.25, 0.3) is 11.7 Å². The van der Waals surface area contributed by atoms with Crippen LogP contribution in [0.2, 0.25) is 0 Å². The monoisotopic (exact) mass is 410 g/mol. The van der Waals surface area contributed by atoms with Crippen molar-refractivity contribution >= 4 is 23.1 Å². The van der Waals surface area contributed by atoms with E-state index in [-0.39, 0.29) is 23.4 Å². The minimum absolute atomic E-state index is 0.127. The van der Waals surface area contributed by atoms with E-state index in [1.807, 2.05) is 26.0 Å². The van der Waals surface area contributed by atoms with Gasteiger partial charge < -0.3 is 15.1 Å². The average molecular weight is 410 g/mol. The number of rotatable bonds is 6. The molecule has 8 nitrogen and oxygen atoms in total. The van der Waals surface area contributed by atoms with E-state index in [0.717, 1.165) is 24.1 Å². The number of ketones is 1. The van der Waals surface area contributed by atoms with Gasteiger partial charge in [-0.15, -0.1) is 0 Å². The predicted octanol–water partition coefficient (Wildman–Crippen LogP) is 3.69. The van der Waals surface area contributed by atoms with Crippen LogP contribution in [0.15, 0.2) is 48.0 Å². The van der Waals surface area contributed by atoms with Gasteiger partial charge in [0.15, 0.2) is 5.75 Å². The van der Waals surface area contributed by atoms with Gasteiger partial charge >= 0.3 is 5.69 Å². The van der Waals surface area contributed by atoms with Crippen LogP contribution < -0.4 is 0 Å². The number of amides is 1. The lowest BCUT2D eigenvalue weighted by molar-refractivity contribution is -0.385. The fourth-order valence-electron chi connectivity index (χ4n) is 3.61. The molecule has 8 heteroatoms. The lowest BCUT2D eigenvalue weighted by atomic mass is 9.94. The summed E-state index contributed by atoms with van der Waals surface area (Å²) in [5.74, 6) is -2.48. The van der Waals surface area contributed by atoms with Crippen molar-refractivity contribution in [1.82, 2.24) is 4.90 Å². The summed E-state index contributed by atoms with van der Waals surface area (Å²) in [6.45, 7) is 4.05. The van der Waals surface area contributed by atoms with Crippen molar-refractivity contribution < 1.29 is 24.7 Å². The number of hydrogen-bond donors (Lipinski definition) is 2. The van der Waals surface area contributed by atoms with Crippen LogP contribution in [0.4, 0.5) is 5.69 Å². The van der Waals surface area contributed by atoms with E-state index in [1.54, 1.807) is 12.1 Å². The molecule has 0 saturated carbocycles. The summed E-state index contributed by atoms with van der Waals surface area (Å²) in [6, 6.07) is 9.66. The first-order valence-electron chi connectivity index (χ1n) is 9.65. The number of carbonyl (C=O) groups is 2. The SMILES string of the molecule is CCCN1C(=O)C(=O)/C(=C(\O)c2ccc(CC)cc2)C1c1ccc(O)c([N+](=O)[O-])c1. The average Bonchev–Trinajstić information content (AvgIpc) is 2.99. The summed E-state index contributed by atoms with van der Waals surface area (Å²) in [7, 11) is 0. The lowest BCUT2D eigenvalue weighted by Gasteiger charge is -2.24. The van der Waals surface area contributed by atoms with Crippen molar-refractivity contribution in [3.63, 3.8) is 0 Å². The smallest absolute Gasteiger partial charge is 0.311 e. The number of phenolic OH excluding ortho intramolecular Hbond substituents is 1. The van der Waals surface area contributed by atoms with Crippen molar-refractivity contribution in [1.29, 1.82) is 0 Å². The zero-order chi connectivity index (χ0) is 22.0. The quantitative estimate of drug-likeness (QED) is 0.246. The molecule has 0 radical (unpaired) electrons. The minimum Gasteiger partial charge on any atom is -0.507 e. The number of Topliss-reactive ketones (excluding diaryl/α,β-unsaturated/α-hetero) is 1. The fraction of sp³-hybridized carbons (Fsp3) is 0.273. The molecule has 156 valence electrons. The summed E-state index contributed by atoms with van der Waals surface area (Å²) in [4.78, 5) is 37.3. The molecule has 1 amide bonds. The van der Waals surface area contributed by atoms with Crippen LogP contribution in [0.5, 0.6) is 5.75 Å². The van der Waals surface area contributed by atoms with Gasteiger partial charge in [-0.05, 0) is 30.0 Å². The topological polar surface area (TPSA) is 121 Å². The van der Waals surface area contributed by atoms with Crippen molar-refractivity contribution in [3.05, 3.63) is 74.8 Å². The van der Waals surface area contributed by atoms with Crippen LogP contribution in [0, 0.1) is 10.1 Å². The van der Waals surface area contributed by atoms with Crippen molar-refractivity contribution in [2.45, 2.75) is 32.7 Å². The zero-order valence-corrected chi connectivity index (χ0v) is 16.7. The van der Waals surface area contributed by atoms with E-state index < -0.39 is 34.1 Å². The molecule has 2 N–H and O–H groups in total. The molecule has 1 aliphatic rings. The molecule has 0 spiro atoms. The van der Waals surface area contributed by atoms with E-state index in [9.17, 15) is 29.9 Å². The van der Waals surface area contributed by atoms with Gasteiger partial charge in [0, 0.05) is 18.2 Å². The normalized spacial score (nSPS) is 18.1. The number of likely N-dealkylation sites (tertiary alicyclic amines) is 1. The molecule has 0 aromatic heterocycles. The number of aliphatic hydroxyl groups is 1. The van der Waals surface area contributed by atoms with Gasteiger partial charge in [0.1, 0.15) is 5.76 Å². The zero-order valence-electron chi connectivity index (χ0n) is 16.7. The molecule has 1 atom stereocenters. The van der Waals surface area contributed by atoms with Crippen LogP contribution in [-0.2, 0) is 16.0 Å². The highest BCUT2D eigenvalue weighted by atomic mass is 16.6. The molecule has 1 saturated heterocycles. The third-order valence-corrected chi connectivity index (χ3v) is 5.15. The summed E-state index contributed by atoms with van der Waals surface area (Å²) in [6.07, 6.45) is 1.36. The number of nitrogens with zero attached hydrogens (tertiary/aromatic N) is 2. The minimum atomic E-state index is -0.991. The highest BCUT2D eigenvalue weighted by Crippen LogP contribution is 2.41. The maximum Gasteiger partial charge on any atom is 0.311 e. The number of nitro groups is 1. The summed E-state index contributed by atoms with van der Waals surface area (Å²) < 4.78 is 0. The highest BCUT2D eigenvalue weighted by Gasteiger charge is 2.46. The van der Waals surface area contributed by atoms with Gasteiger partial charge in [0.2, 0.25) is 0 Å². The summed E-state index contributed by atoms with van der Waals surface area (Å²) >= 11 is 0. The largest absolute Gasteiger partial charge is 0.507 e. The van der Waals surface area contributed by atoms with Crippen LogP contribution in [0.25, 0.3) is 5.76 Å². The van der Waals surface area contributed by atoms with Crippen LogP contribution in [0.3, 0.4) is 0 Å². The Kier molecular flexibility index (Phi) is 5.86. The summed E-state index contributed by atoms with van der Waals surface area (Å²) in [5, 5.41) is 32.0. The Morgan fingerprint density at radius 2 is 1.80 bits per heavy atom. The number of hydrogen-bond acceptors (Lipinski definition) is 6. The number of nitro benzene ring substituents is 1. The molecule has 1 fully saturated rings. The van der Waals surface area contributed by atoms with Gasteiger partial charge in [-0.25, -0.2) is 0 Å². The van der Waals surface area contributed by atoms with E-state index >= 15 is 0 Å². The molecule has 30 heavy (non-hydrogen) atoms. The molecule has 0 bridgehead atoms. The summed E-state index contributed by atoms with van der Waals surface area (Å²) in [5.41, 5.74) is 1.02. The van der Waals surface area contributed by atoms with E-state index in [4.69, 9.17) is 0 Å². The first kappa shape index (κ1) is 21.0. The van der Waals surface area contributed by atoms with Gasteiger partial charge in [-0.2, -0.15) is 0 Å². The lowest BCUT2D eigenvalue weighted by Crippen LogP contribution is -2.30. The van der Waals surface area contributed by atoms with Crippen molar-refractivity contribution in [2.24, 2.45) is 0 Å². The second kappa shape index (κ2) is 8.36. The second-order valence-electron chi connectivity index (χ2n) is 7.05. The Labute approximate surface area is 173 Å². The first-order chi connectivity index (χ1) is 14.3. The highest BCUT2D eigenvalue weighted by molar-refractivity contribution is 6.46. The number of phenols is 1. The van der Waals surface area contributed by atoms with Crippen molar-refractivity contribution in [3.8, 4) is 5.75 Å². The molecule has 2 aromatic rings. The van der Waals surface area contributed by atoms with Crippen molar-refractivity contribution in [2.75, 3.05) is 6.54 Å². The Bertz CT molecular complexity index is 1040. The number of aliphatic hydroxyl groups excluding tert-OH is 1. The van der Waals surface area contributed by atoms with Crippen LogP contribution in [0.1, 0.15) is 43.0 Å². The maximum atomic E-state index is 12.8. The Morgan fingerprint density at radius 3 is 2.37 bits per heavy atom. The van der Waals surface area contributed by atoms with Crippen LogP contribution in [-0.4, -0.2) is 38.3 Å². The van der Waals surface area contributed by atoms with Gasteiger partial charge in [-0.3, -0.25) is 19.7 Å². The first-order valence-corrected chi connectivity index (χ1v) is 9.65. The molecular formula is C22H22N2O6. The van der Waals surface area contributed by atoms with Gasteiger partial charge in [0.05, 0.1) is 16.5 Å². The molecule has 1 aliphatic heterocycles. The standard InChI is InChI=1S/C22H22N2O6/c1-3-11-23-19(15-9-10-17(25)16(12-15)24(29)30)18(21(27)22(23)28)20(26)14-7-5-13(4-2)6-8-14/h5-10,12,19,25-26H,3-4,11H2,1-2H3/b20-18-. The molecular weight excluding hydrogens is 388 g/mol. The number of benzene rings is 2. The fourth-order valence-corrected chi connectivity index (χ4v) is 3.61. The Hall–Kier alpha value is -3.68. The Balaban J connectivity index is 2.21. The Morgan fingerprint density at radius 1 is 1.13 bits per heavy atom. The molecule has 3 rings (SSSR count). The van der Waals surface area contributed by atoms with E-state index in [2.05, 4.69) is 0 Å². The third-order valence-electron chi connectivity index (χ3n) is 5.15. The molecule has 1 heterocycles. The predicted molar refractivity (Wildman–Crippen MR) is 110 cm³/mol. The number of carbonyl (C=O) groups excluding carboxylic acids is 2. The maximum absolute atomic E-state index is 12.8.